The van der Waals surface area contributed by atoms with Crippen molar-refractivity contribution in [2.75, 3.05) is 0 Å². The summed E-state index contributed by atoms with van der Waals surface area (Å²) in [6.45, 7) is 3.69. The average Bonchev–Trinajstić information content (AvgIpc) is 2.62. The molecule has 0 unspecified atom stereocenters. The molecule has 0 aliphatic heterocycles. The Balaban J connectivity index is 2.50. The van der Waals surface area contributed by atoms with E-state index in [2.05, 4.69) is 0 Å². The van der Waals surface area contributed by atoms with Crippen LogP contribution in [0.4, 0.5) is 22.0 Å². The van der Waals surface area contributed by atoms with Crippen LogP contribution in [-0.4, -0.2) is 28.5 Å². The predicted molar refractivity (Wildman–Crippen MR) is 104 cm³/mol. The molecule has 0 nitrogen and oxygen atoms in total. The zero-order valence-electron chi connectivity index (χ0n) is 15.9. The minimum absolute atomic E-state index is 0.0635. The van der Waals surface area contributed by atoms with Gasteiger partial charge in [-0.1, -0.05) is 0 Å². The maximum absolute atomic E-state index is 14.9. The van der Waals surface area contributed by atoms with Crippen LogP contribution in [0.25, 0.3) is 10.8 Å². The Kier molecular flexibility index (Phi) is 7.56. The first-order valence-corrected chi connectivity index (χ1v) is 17.1. The fraction of sp³-hybridized carbons (Fsp3) is 0.524. The normalized spacial score (nSPS) is 13.3. The van der Waals surface area contributed by atoms with E-state index in [1.54, 1.807) is 12.1 Å². The molecule has 0 atom stereocenters. The van der Waals surface area contributed by atoms with Crippen LogP contribution in [0.2, 0.25) is 8.87 Å². The topological polar surface area (TPSA) is 0 Å². The molecule has 2 aromatic carbocycles. The van der Waals surface area contributed by atoms with Crippen molar-refractivity contribution in [1.29, 1.82) is 0 Å². The zero-order chi connectivity index (χ0) is 20.1. The number of hydrogen-bond donors (Lipinski definition) is 0. The van der Waals surface area contributed by atoms with Crippen molar-refractivity contribution >= 4 is 29.1 Å². The van der Waals surface area contributed by atoms with E-state index < -0.39 is 28.5 Å². The van der Waals surface area contributed by atoms with Crippen molar-refractivity contribution in [3.8, 4) is 0 Å². The van der Waals surface area contributed by atoms with Crippen LogP contribution in [0.3, 0.4) is 0 Å². The summed E-state index contributed by atoms with van der Waals surface area (Å²) in [5.74, 6) is 0. The summed E-state index contributed by atoms with van der Waals surface area (Å²) in [4.78, 5) is 0. The Morgan fingerprint density at radius 1 is 0.778 bits per heavy atom. The molecule has 0 saturated heterocycles. The van der Waals surface area contributed by atoms with Gasteiger partial charge in [0.05, 0.1) is 0 Å². The fourth-order valence-corrected chi connectivity index (χ4v) is 18.4. The van der Waals surface area contributed by atoms with Crippen LogP contribution in [-0.2, 0) is 4.44 Å². The monoisotopic (exact) mass is 494 g/mol. The van der Waals surface area contributed by atoms with Gasteiger partial charge in [0.2, 0.25) is 0 Å². The third kappa shape index (κ3) is 4.96. The number of alkyl halides is 5. The molecule has 0 bridgehead atoms. The van der Waals surface area contributed by atoms with E-state index in [1.165, 1.54) is 0 Å². The number of halogens is 5. The van der Waals surface area contributed by atoms with E-state index in [9.17, 15) is 22.0 Å². The van der Waals surface area contributed by atoms with Crippen molar-refractivity contribution in [3.63, 3.8) is 0 Å². The fourth-order valence-electron chi connectivity index (χ4n) is 3.80. The standard InChI is InChI=1S/C11H9.2C4H9.C2F5.Sn/c1-9-6-7-10-4-2-3-5-11(10)8-9;2*1-3-4-2;3-1(4)2(5,6)7;/h2-8H,1H2;2*1,3-4H2,2H3;;. The van der Waals surface area contributed by atoms with Gasteiger partial charge in [-0.3, -0.25) is 0 Å². The molecule has 0 saturated carbocycles. The molecule has 0 heterocycles. The van der Waals surface area contributed by atoms with Gasteiger partial charge >= 0.3 is 162 Å². The first kappa shape index (κ1) is 22.4. The van der Waals surface area contributed by atoms with E-state index in [0.717, 1.165) is 10.8 Å². The van der Waals surface area contributed by atoms with Gasteiger partial charge in [0.1, 0.15) is 0 Å². The van der Waals surface area contributed by atoms with Gasteiger partial charge in [-0.2, -0.15) is 0 Å². The summed E-state index contributed by atoms with van der Waals surface area (Å²) in [5.41, 5.74) is 0.626. The summed E-state index contributed by atoms with van der Waals surface area (Å²) < 4.78 is 65.6. The van der Waals surface area contributed by atoms with Gasteiger partial charge in [0.25, 0.3) is 0 Å². The Morgan fingerprint density at radius 2 is 1.33 bits per heavy atom. The van der Waals surface area contributed by atoms with E-state index in [-0.39, 0.29) is 13.3 Å². The second-order valence-corrected chi connectivity index (χ2v) is 20.4. The van der Waals surface area contributed by atoms with Crippen LogP contribution >= 0.6 is 0 Å². The van der Waals surface area contributed by atoms with Crippen molar-refractivity contribution in [1.82, 2.24) is 0 Å². The second kappa shape index (κ2) is 9.10. The zero-order valence-corrected chi connectivity index (χ0v) is 18.7. The molecule has 0 aromatic heterocycles. The van der Waals surface area contributed by atoms with Crippen LogP contribution < -0.4 is 0 Å². The SMILES string of the molecule is CCC[CH2][Sn]([CH2]CCC)([CH2]c1ccc2ccccc2c1)[C](F)(F)C(F)(F)F. The predicted octanol–water partition coefficient (Wildman–Crippen LogP) is 7.71. The third-order valence-corrected chi connectivity index (χ3v) is 20.6. The number of unbranched alkanes of at least 4 members (excludes halogenated alkanes) is 2. The average molecular weight is 493 g/mol. The van der Waals surface area contributed by atoms with E-state index in [4.69, 9.17) is 0 Å². The van der Waals surface area contributed by atoms with Crippen LogP contribution in [0, 0.1) is 0 Å². The molecule has 0 spiro atoms. The van der Waals surface area contributed by atoms with Crippen molar-refractivity contribution < 1.29 is 22.0 Å². The Hall–Kier alpha value is -0.851. The first-order chi connectivity index (χ1) is 12.7. The molecule has 0 N–H and O–H groups in total. The molecule has 2 rings (SSSR count). The molecule has 6 heteroatoms. The van der Waals surface area contributed by atoms with Crippen LogP contribution in [0.1, 0.15) is 45.1 Å². The summed E-state index contributed by atoms with van der Waals surface area (Å²) in [6.07, 6.45) is -3.30. The molecule has 0 aliphatic carbocycles. The summed E-state index contributed by atoms with van der Waals surface area (Å²) in [7, 11) is 0. The van der Waals surface area contributed by atoms with Gasteiger partial charge in [-0.05, 0) is 0 Å². The quantitative estimate of drug-likeness (QED) is 0.248. The minimum atomic E-state index is -5.46. The van der Waals surface area contributed by atoms with Gasteiger partial charge in [0.15, 0.2) is 0 Å². The molecule has 0 aliphatic rings. The number of rotatable bonds is 9. The third-order valence-electron chi connectivity index (χ3n) is 5.40. The molecule has 0 fully saturated rings. The number of hydrogen-bond acceptors (Lipinski definition) is 0. The molecule has 2 aromatic rings. The molecule has 150 valence electrons. The van der Waals surface area contributed by atoms with Gasteiger partial charge < -0.3 is 0 Å². The Morgan fingerprint density at radius 3 is 1.85 bits per heavy atom. The Bertz CT molecular complexity index is 731. The molecule has 0 radical (unpaired) electrons. The van der Waals surface area contributed by atoms with Gasteiger partial charge in [-0.25, -0.2) is 0 Å². The van der Waals surface area contributed by atoms with Gasteiger partial charge in [0, 0.05) is 0 Å². The first-order valence-electron chi connectivity index (χ1n) is 9.59. The number of fused-ring (bicyclic) bond motifs is 1. The van der Waals surface area contributed by atoms with Crippen molar-refractivity contribution in [2.24, 2.45) is 0 Å². The van der Waals surface area contributed by atoms with E-state index in [0.29, 0.717) is 31.2 Å². The van der Waals surface area contributed by atoms with E-state index >= 15 is 0 Å². The van der Waals surface area contributed by atoms with Crippen LogP contribution in [0.5, 0.6) is 0 Å². The second-order valence-electron chi connectivity index (χ2n) is 7.42. The number of benzene rings is 2. The summed E-state index contributed by atoms with van der Waals surface area (Å²) in [5, 5.41) is 1.85. The van der Waals surface area contributed by atoms with E-state index in [1.807, 2.05) is 44.2 Å². The van der Waals surface area contributed by atoms with Crippen LogP contribution in [0.15, 0.2) is 42.5 Å². The van der Waals surface area contributed by atoms with Crippen molar-refractivity contribution in [3.05, 3.63) is 48.0 Å². The summed E-state index contributed by atoms with van der Waals surface area (Å²) >= 11 is -4.95. The van der Waals surface area contributed by atoms with Crippen molar-refractivity contribution in [2.45, 2.75) is 63.0 Å². The summed E-state index contributed by atoms with van der Waals surface area (Å²) in [6, 6.07) is 12.9. The molecule has 0 amide bonds. The maximum atomic E-state index is 14.9. The molecular weight excluding hydrogens is 466 g/mol. The van der Waals surface area contributed by atoms with Gasteiger partial charge in [-0.15, -0.1) is 0 Å². The molecule has 27 heavy (non-hydrogen) atoms. The Labute approximate surface area is 162 Å². The molecular formula is C21H27F5Sn.